The number of hydrogen-bond acceptors (Lipinski definition) is 6. The molecule has 0 N–H and O–H groups in total. The van der Waals surface area contributed by atoms with Crippen LogP contribution in [0.2, 0.25) is 0 Å². The van der Waals surface area contributed by atoms with E-state index in [1.807, 2.05) is 26.0 Å². The molecule has 33 heavy (non-hydrogen) atoms. The first-order chi connectivity index (χ1) is 15.9. The maximum Gasteiger partial charge on any atom is 0.309 e. The summed E-state index contributed by atoms with van der Waals surface area (Å²) in [4.78, 5) is 40.6. The molecular formula is C25H28N2O5S. The van der Waals surface area contributed by atoms with Gasteiger partial charge in [-0.15, -0.1) is 11.3 Å². The molecule has 1 amide bonds. The molecule has 0 bridgehead atoms. The van der Waals surface area contributed by atoms with Crippen molar-refractivity contribution in [3.63, 3.8) is 0 Å². The number of amides is 1. The summed E-state index contributed by atoms with van der Waals surface area (Å²) in [6, 6.07) is 9.34. The first-order valence-corrected chi connectivity index (χ1v) is 12.0. The molecule has 3 aromatic heterocycles. The number of ketones is 1. The van der Waals surface area contributed by atoms with Gasteiger partial charge in [0, 0.05) is 41.5 Å². The van der Waals surface area contributed by atoms with E-state index in [2.05, 4.69) is 16.0 Å². The number of Topliss-reactive ketones (excluding diaryl/α,β-unsaturated/α-hetero) is 1. The van der Waals surface area contributed by atoms with Crippen LogP contribution in [0.3, 0.4) is 0 Å². The van der Waals surface area contributed by atoms with Gasteiger partial charge in [0.05, 0.1) is 12.2 Å². The third kappa shape index (κ3) is 5.27. The quantitative estimate of drug-likeness (QED) is 0.364. The first-order valence-electron chi connectivity index (χ1n) is 11.2. The highest BCUT2D eigenvalue weighted by Crippen LogP contribution is 2.22. The number of hydrogen-bond donors (Lipinski definition) is 0. The number of furan rings is 1. The zero-order valence-corrected chi connectivity index (χ0v) is 19.7. The maximum absolute atomic E-state index is 12.8. The van der Waals surface area contributed by atoms with Crippen molar-refractivity contribution >= 4 is 29.0 Å². The first kappa shape index (κ1) is 23.0. The molecule has 0 aliphatic carbocycles. The van der Waals surface area contributed by atoms with Crippen molar-refractivity contribution in [2.45, 2.75) is 39.7 Å². The largest absolute Gasteiger partial charge is 0.459 e. The molecule has 174 valence electrons. The number of ether oxygens (including phenoxy) is 1. The SMILES string of the molecule is Cc1cc(C(=O)COC(=O)C2CCN(C(=O)c3ccco3)CC2)c(C)n1CCc1cccs1. The fourth-order valence-corrected chi connectivity index (χ4v) is 5.01. The number of piperidine rings is 1. The van der Waals surface area contributed by atoms with E-state index in [0.29, 0.717) is 37.3 Å². The molecule has 4 rings (SSSR count). The van der Waals surface area contributed by atoms with E-state index in [0.717, 1.165) is 24.4 Å². The van der Waals surface area contributed by atoms with Gasteiger partial charge >= 0.3 is 5.97 Å². The number of rotatable bonds is 8. The third-order valence-corrected chi connectivity index (χ3v) is 7.17. The number of carbonyl (C=O) groups excluding carboxylic acids is 3. The van der Waals surface area contributed by atoms with Crippen molar-refractivity contribution in [3.05, 3.63) is 69.6 Å². The monoisotopic (exact) mass is 468 g/mol. The Morgan fingerprint density at radius 3 is 2.61 bits per heavy atom. The number of nitrogens with zero attached hydrogens (tertiary/aromatic N) is 2. The zero-order valence-electron chi connectivity index (χ0n) is 18.9. The number of esters is 1. The molecule has 1 fully saturated rings. The second-order valence-corrected chi connectivity index (χ2v) is 9.37. The van der Waals surface area contributed by atoms with Gasteiger partial charge in [-0.3, -0.25) is 14.4 Å². The zero-order chi connectivity index (χ0) is 23.4. The predicted molar refractivity (Wildman–Crippen MR) is 125 cm³/mol. The lowest BCUT2D eigenvalue weighted by Gasteiger charge is -2.30. The Morgan fingerprint density at radius 1 is 1.15 bits per heavy atom. The summed E-state index contributed by atoms with van der Waals surface area (Å²) in [5, 5.41) is 2.06. The Hall–Kier alpha value is -3.13. The lowest BCUT2D eigenvalue weighted by molar-refractivity contribution is -0.148. The van der Waals surface area contributed by atoms with Crippen molar-refractivity contribution < 1.29 is 23.5 Å². The van der Waals surface area contributed by atoms with Gasteiger partial charge in [0.25, 0.3) is 5.91 Å². The van der Waals surface area contributed by atoms with Gasteiger partial charge in [-0.25, -0.2) is 0 Å². The molecule has 0 radical (unpaired) electrons. The molecule has 0 saturated carbocycles. The minimum atomic E-state index is -0.375. The van der Waals surface area contributed by atoms with Crippen LogP contribution in [-0.4, -0.2) is 46.8 Å². The minimum Gasteiger partial charge on any atom is -0.459 e. The Kier molecular flexibility index (Phi) is 7.13. The average Bonchev–Trinajstić information content (AvgIpc) is 3.59. The molecule has 4 heterocycles. The summed E-state index contributed by atoms with van der Waals surface area (Å²) in [5.41, 5.74) is 2.52. The Balaban J connectivity index is 1.27. The number of thiophene rings is 1. The standard InChI is InChI=1S/C25H28N2O5S/c1-17-15-21(18(2)27(17)12-9-20-5-4-14-33-20)22(28)16-32-25(30)19-7-10-26(11-8-19)24(29)23-6-3-13-31-23/h3-6,13-15,19H,7-12,16H2,1-2H3. The third-order valence-electron chi connectivity index (χ3n) is 6.23. The summed E-state index contributed by atoms with van der Waals surface area (Å²) in [7, 11) is 0. The van der Waals surface area contributed by atoms with Gasteiger partial charge in [-0.1, -0.05) is 6.07 Å². The van der Waals surface area contributed by atoms with Gasteiger partial charge < -0.3 is 18.6 Å². The van der Waals surface area contributed by atoms with Crippen molar-refractivity contribution in [2.24, 2.45) is 5.92 Å². The van der Waals surface area contributed by atoms with E-state index in [1.165, 1.54) is 11.1 Å². The topological polar surface area (TPSA) is 81.8 Å². The van der Waals surface area contributed by atoms with Gasteiger partial charge in [-0.05, 0) is 62.8 Å². The van der Waals surface area contributed by atoms with Crippen LogP contribution >= 0.6 is 11.3 Å². The van der Waals surface area contributed by atoms with Crippen LogP contribution in [0.1, 0.15) is 50.0 Å². The lowest BCUT2D eigenvalue weighted by Crippen LogP contribution is -2.40. The second-order valence-electron chi connectivity index (χ2n) is 8.34. The molecule has 0 aromatic carbocycles. The molecule has 7 nitrogen and oxygen atoms in total. The van der Waals surface area contributed by atoms with E-state index >= 15 is 0 Å². The normalized spacial score (nSPS) is 14.4. The fraction of sp³-hybridized carbons (Fsp3) is 0.400. The number of likely N-dealkylation sites (tertiary alicyclic amines) is 1. The minimum absolute atomic E-state index is 0.170. The average molecular weight is 469 g/mol. The summed E-state index contributed by atoms with van der Waals surface area (Å²) < 4.78 is 12.7. The van der Waals surface area contributed by atoms with Crippen molar-refractivity contribution in [2.75, 3.05) is 19.7 Å². The van der Waals surface area contributed by atoms with E-state index in [4.69, 9.17) is 9.15 Å². The molecule has 1 aliphatic rings. The molecule has 0 unspecified atom stereocenters. The predicted octanol–water partition coefficient (Wildman–Crippen LogP) is 4.28. The molecule has 1 saturated heterocycles. The summed E-state index contributed by atoms with van der Waals surface area (Å²) >= 11 is 1.73. The van der Waals surface area contributed by atoms with Crippen LogP contribution in [0, 0.1) is 19.8 Å². The Bertz CT molecular complexity index is 1110. The summed E-state index contributed by atoms with van der Waals surface area (Å²) in [6.45, 7) is 5.38. The van der Waals surface area contributed by atoms with Crippen LogP contribution in [-0.2, 0) is 22.5 Å². The molecule has 1 aliphatic heterocycles. The molecule has 0 atom stereocenters. The van der Waals surface area contributed by atoms with E-state index in [-0.39, 0.29) is 30.2 Å². The maximum atomic E-state index is 12.8. The second kappa shape index (κ2) is 10.2. The number of aryl methyl sites for hydroxylation is 2. The van der Waals surface area contributed by atoms with Gasteiger partial charge in [-0.2, -0.15) is 0 Å². The van der Waals surface area contributed by atoms with Crippen LogP contribution in [0.25, 0.3) is 0 Å². The Morgan fingerprint density at radius 2 is 1.94 bits per heavy atom. The fourth-order valence-electron chi connectivity index (χ4n) is 4.31. The van der Waals surface area contributed by atoms with Gasteiger partial charge in [0.2, 0.25) is 5.78 Å². The van der Waals surface area contributed by atoms with Crippen LogP contribution in [0.4, 0.5) is 0 Å². The van der Waals surface area contributed by atoms with E-state index in [1.54, 1.807) is 28.4 Å². The molecule has 8 heteroatoms. The van der Waals surface area contributed by atoms with Crippen molar-refractivity contribution in [1.29, 1.82) is 0 Å². The van der Waals surface area contributed by atoms with E-state index in [9.17, 15) is 14.4 Å². The molecule has 0 spiro atoms. The van der Waals surface area contributed by atoms with Crippen LogP contribution < -0.4 is 0 Å². The summed E-state index contributed by atoms with van der Waals surface area (Å²) in [6.07, 6.45) is 3.40. The van der Waals surface area contributed by atoms with Gasteiger partial charge in [0.15, 0.2) is 12.4 Å². The Labute approximate surface area is 196 Å². The lowest BCUT2D eigenvalue weighted by atomic mass is 9.97. The smallest absolute Gasteiger partial charge is 0.309 e. The molecular weight excluding hydrogens is 440 g/mol. The molecule has 3 aromatic rings. The van der Waals surface area contributed by atoms with Crippen LogP contribution in [0.5, 0.6) is 0 Å². The highest BCUT2D eigenvalue weighted by Gasteiger charge is 2.30. The van der Waals surface area contributed by atoms with Crippen molar-refractivity contribution in [3.8, 4) is 0 Å². The van der Waals surface area contributed by atoms with Crippen LogP contribution in [0.15, 0.2) is 46.4 Å². The highest BCUT2D eigenvalue weighted by atomic mass is 32.1. The highest BCUT2D eigenvalue weighted by molar-refractivity contribution is 7.09. The number of aromatic nitrogens is 1. The summed E-state index contributed by atoms with van der Waals surface area (Å²) in [5.74, 6) is -0.744. The van der Waals surface area contributed by atoms with Crippen molar-refractivity contribution in [1.82, 2.24) is 9.47 Å². The number of carbonyl (C=O) groups is 3. The van der Waals surface area contributed by atoms with E-state index < -0.39 is 0 Å². The van der Waals surface area contributed by atoms with Gasteiger partial charge in [0.1, 0.15) is 0 Å².